The van der Waals surface area contributed by atoms with Crippen molar-refractivity contribution in [2.24, 2.45) is 4.99 Å². The summed E-state index contributed by atoms with van der Waals surface area (Å²) >= 11 is 0. The standard InChI is InChI=1S/C13H25N5.HI/c1-10(2)16-13(14-5)15-7-6-8-18-12(4)9-11(3)17-18;/h9-10H,6-8H2,1-5H3,(H2,14,15,16);1H. The molecule has 19 heavy (non-hydrogen) atoms. The minimum Gasteiger partial charge on any atom is -0.356 e. The summed E-state index contributed by atoms with van der Waals surface area (Å²) in [6, 6.07) is 2.50. The molecule has 0 aliphatic rings. The summed E-state index contributed by atoms with van der Waals surface area (Å²) in [5, 5.41) is 11.0. The van der Waals surface area contributed by atoms with Crippen LogP contribution in [0.4, 0.5) is 0 Å². The Labute approximate surface area is 133 Å². The van der Waals surface area contributed by atoms with E-state index in [4.69, 9.17) is 0 Å². The van der Waals surface area contributed by atoms with Crippen LogP contribution in [0, 0.1) is 13.8 Å². The lowest BCUT2D eigenvalue weighted by Crippen LogP contribution is -2.41. The molecular formula is C13H26IN5. The highest BCUT2D eigenvalue weighted by atomic mass is 127. The highest BCUT2D eigenvalue weighted by molar-refractivity contribution is 14.0. The van der Waals surface area contributed by atoms with Crippen molar-refractivity contribution in [2.45, 2.75) is 46.7 Å². The van der Waals surface area contributed by atoms with Gasteiger partial charge in [0, 0.05) is 31.9 Å². The first-order valence-corrected chi connectivity index (χ1v) is 6.51. The number of rotatable bonds is 5. The maximum absolute atomic E-state index is 4.44. The van der Waals surface area contributed by atoms with Crippen LogP contribution >= 0.6 is 24.0 Å². The molecule has 0 saturated carbocycles. The van der Waals surface area contributed by atoms with Crippen LogP contribution in [-0.2, 0) is 6.54 Å². The summed E-state index contributed by atoms with van der Waals surface area (Å²) in [6.07, 6.45) is 1.03. The van der Waals surface area contributed by atoms with Crippen LogP contribution in [0.25, 0.3) is 0 Å². The van der Waals surface area contributed by atoms with Gasteiger partial charge in [0.15, 0.2) is 5.96 Å². The van der Waals surface area contributed by atoms with Crippen molar-refractivity contribution < 1.29 is 0 Å². The van der Waals surface area contributed by atoms with E-state index in [1.807, 2.05) is 6.92 Å². The van der Waals surface area contributed by atoms with E-state index in [0.29, 0.717) is 6.04 Å². The zero-order valence-electron chi connectivity index (χ0n) is 12.5. The molecule has 5 nitrogen and oxygen atoms in total. The lowest BCUT2D eigenvalue weighted by Gasteiger charge is -2.14. The highest BCUT2D eigenvalue weighted by Crippen LogP contribution is 2.02. The van der Waals surface area contributed by atoms with E-state index in [2.05, 4.69) is 52.2 Å². The SMILES string of the molecule is CN=C(NCCCn1nc(C)cc1C)NC(C)C.I. The minimum atomic E-state index is 0. The van der Waals surface area contributed by atoms with E-state index >= 15 is 0 Å². The first-order valence-electron chi connectivity index (χ1n) is 6.51. The fourth-order valence-corrected chi connectivity index (χ4v) is 1.80. The van der Waals surface area contributed by atoms with Crippen molar-refractivity contribution in [2.75, 3.05) is 13.6 Å². The van der Waals surface area contributed by atoms with Crippen molar-refractivity contribution in [3.8, 4) is 0 Å². The Morgan fingerprint density at radius 2 is 2.11 bits per heavy atom. The van der Waals surface area contributed by atoms with Crippen LogP contribution in [0.15, 0.2) is 11.1 Å². The fourth-order valence-electron chi connectivity index (χ4n) is 1.80. The van der Waals surface area contributed by atoms with E-state index < -0.39 is 0 Å². The maximum Gasteiger partial charge on any atom is 0.191 e. The number of aryl methyl sites for hydroxylation is 3. The Hall–Kier alpha value is -0.790. The molecule has 0 amide bonds. The second-order valence-electron chi connectivity index (χ2n) is 4.80. The molecule has 6 heteroatoms. The Bertz CT molecular complexity index is 398. The molecule has 0 unspecified atom stereocenters. The second-order valence-corrected chi connectivity index (χ2v) is 4.80. The average molecular weight is 379 g/mol. The summed E-state index contributed by atoms with van der Waals surface area (Å²) < 4.78 is 2.05. The monoisotopic (exact) mass is 379 g/mol. The van der Waals surface area contributed by atoms with Crippen molar-refractivity contribution in [3.05, 3.63) is 17.5 Å². The van der Waals surface area contributed by atoms with Crippen LogP contribution in [0.5, 0.6) is 0 Å². The Morgan fingerprint density at radius 1 is 1.42 bits per heavy atom. The van der Waals surface area contributed by atoms with Crippen molar-refractivity contribution in [1.29, 1.82) is 0 Å². The quantitative estimate of drug-likeness (QED) is 0.357. The molecule has 1 aromatic rings. The van der Waals surface area contributed by atoms with Gasteiger partial charge in [-0.1, -0.05) is 0 Å². The smallest absolute Gasteiger partial charge is 0.191 e. The summed E-state index contributed by atoms with van der Waals surface area (Å²) in [5.74, 6) is 0.860. The van der Waals surface area contributed by atoms with Gasteiger partial charge < -0.3 is 10.6 Å². The molecule has 0 bridgehead atoms. The van der Waals surface area contributed by atoms with Crippen molar-refractivity contribution in [1.82, 2.24) is 20.4 Å². The van der Waals surface area contributed by atoms with Gasteiger partial charge in [0.05, 0.1) is 5.69 Å². The predicted molar refractivity (Wildman–Crippen MR) is 91.4 cm³/mol. The third-order valence-corrected chi connectivity index (χ3v) is 2.59. The van der Waals surface area contributed by atoms with Gasteiger partial charge in [-0.15, -0.1) is 24.0 Å². The van der Waals surface area contributed by atoms with E-state index in [1.165, 1.54) is 5.69 Å². The number of guanidine groups is 1. The molecule has 0 aliphatic heterocycles. The average Bonchev–Trinajstić information content (AvgIpc) is 2.61. The van der Waals surface area contributed by atoms with Gasteiger partial charge in [-0.2, -0.15) is 5.10 Å². The molecule has 0 atom stereocenters. The third kappa shape index (κ3) is 6.79. The molecule has 1 heterocycles. The van der Waals surface area contributed by atoms with E-state index in [0.717, 1.165) is 31.2 Å². The molecule has 0 aromatic carbocycles. The molecule has 2 N–H and O–H groups in total. The first-order chi connectivity index (χ1) is 8.52. The Morgan fingerprint density at radius 3 is 2.58 bits per heavy atom. The molecule has 0 aliphatic carbocycles. The van der Waals surface area contributed by atoms with Crippen LogP contribution in [-0.4, -0.2) is 35.4 Å². The van der Waals surface area contributed by atoms with Gasteiger partial charge in [0.2, 0.25) is 0 Å². The van der Waals surface area contributed by atoms with Crippen LogP contribution in [0.1, 0.15) is 31.7 Å². The van der Waals surface area contributed by atoms with E-state index in [-0.39, 0.29) is 24.0 Å². The number of halogens is 1. The number of nitrogens with zero attached hydrogens (tertiary/aromatic N) is 3. The van der Waals surface area contributed by atoms with Gasteiger partial charge in [-0.3, -0.25) is 9.67 Å². The molecular weight excluding hydrogens is 353 g/mol. The summed E-state index contributed by atoms with van der Waals surface area (Å²) in [4.78, 5) is 4.17. The normalized spacial score (nSPS) is 11.4. The number of hydrogen-bond acceptors (Lipinski definition) is 2. The molecule has 1 aromatic heterocycles. The Balaban J connectivity index is 0.00000324. The number of hydrogen-bond donors (Lipinski definition) is 2. The molecule has 0 radical (unpaired) electrons. The van der Waals surface area contributed by atoms with E-state index in [9.17, 15) is 0 Å². The summed E-state index contributed by atoms with van der Waals surface area (Å²) in [6.45, 7) is 10.1. The zero-order chi connectivity index (χ0) is 13.5. The maximum atomic E-state index is 4.44. The molecule has 110 valence electrons. The fraction of sp³-hybridized carbons (Fsp3) is 0.692. The van der Waals surface area contributed by atoms with Gasteiger partial charge in [-0.25, -0.2) is 0 Å². The van der Waals surface area contributed by atoms with Crippen molar-refractivity contribution in [3.63, 3.8) is 0 Å². The number of aromatic nitrogens is 2. The second kappa shape index (κ2) is 9.17. The van der Waals surface area contributed by atoms with Gasteiger partial charge >= 0.3 is 0 Å². The minimum absolute atomic E-state index is 0. The van der Waals surface area contributed by atoms with E-state index in [1.54, 1.807) is 7.05 Å². The Kier molecular flexibility index (Phi) is 8.79. The van der Waals surface area contributed by atoms with Crippen LogP contribution < -0.4 is 10.6 Å². The highest BCUT2D eigenvalue weighted by Gasteiger charge is 2.01. The van der Waals surface area contributed by atoms with Gasteiger partial charge in [0.25, 0.3) is 0 Å². The lowest BCUT2D eigenvalue weighted by molar-refractivity contribution is 0.553. The van der Waals surface area contributed by atoms with Crippen LogP contribution in [0.2, 0.25) is 0 Å². The van der Waals surface area contributed by atoms with Crippen molar-refractivity contribution >= 4 is 29.9 Å². The van der Waals surface area contributed by atoms with Crippen LogP contribution in [0.3, 0.4) is 0 Å². The largest absolute Gasteiger partial charge is 0.356 e. The first kappa shape index (κ1) is 18.2. The molecule has 0 saturated heterocycles. The predicted octanol–water partition coefficient (Wildman–Crippen LogP) is 2.08. The van der Waals surface area contributed by atoms with Gasteiger partial charge in [0.1, 0.15) is 0 Å². The molecule has 0 fully saturated rings. The lowest BCUT2D eigenvalue weighted by atomic mass is 10.4. The topological polar surface area (TPSA) is 54.2 Å². The number of aliphatic imine (C=N–C) groups is 1. The molecule has 0 spiro atoms. The zero-order valence-corrected chi connectivity index (χ0v) is 14.9. The van der Waals surface area contributed by atoms with Gasteiger partial charge in [-0.05, 0) is 40.2 Å². The summed E-state index contributed by atoms with van der Waals surface area (Å²) in [5.41, 5.74) is 2.30. The molecule has 1 rings (SSSR count). The summed E-state index contributed by atoms with van der Waals surface area (Å²) in [7, 11) is 1.79. The third-order valence-electron chi connectivity index (χ3n) is 2.59. The number of nitrogens with one attached hydrogen (secondary N) is 2.